The Morgan fingerprint density at radius 3 is 2.83 bits per heavy atom. The highest BCUT2D eigenvalue weighted by Crippen LogP contribution is 2.25. The van der Waals surface area contributed by atoms with Crippen LogP contribution in [0.15, 0.2) is 24.3 Å². The summed E-state index contributed by atoms with van der Waals surface area (Å²) in [7, 11) is 0. The van der Waals surface area contributed by atoms with Gasteiger partial charge < -0.3 is 14.4 Å². The van der Waals surface area contributed by atoms with E-state index in [1.807, 2.05) is 17.0 Å². The molecule has 0 aromatic heterocycles. The van der Waals surface area contributed by atoms with E-state index in [1.165, 1.54) is 5.56 Å². The Hall–Kier alpha value is -1.59. The minimum atomic E-state index is 0.113. The Kier molecular flexibility index (Phi) is 5.74. The summed E-state index contributed by atoms with van der Waals surface area (Å²) < 4.78 is 11.2. The third-order valence-electron chi connectivity index (χ3n) is 4.99. The van der Waals surface area contributed by atoms with Gasteiger partial charge in [-0.05, 0) is 30.5 Å². The van der Waals surface area contributed by atoms with Gasteiger partial charge in [0.1, 0.15) is 12.4 Å². The van der Waals surface area contributed by atoms with Gasteiger partial charge in [-0.15, -0.1) is 0 Å². The molecule has 3 rings (SSSR count). The van der Waals surface area contributed by atoms with Crippen LogP contribution in [0.3, 0.4) is 0 Å². The number of likely N-dealkylation sites (tertiary alicyclic amines) is 1. The number of morpholine rings is 1. The van der Waals surface area contributed by atoms with Gasteiger partial charge in [-0.1, -0.05) is 19.1 Å². The zero-order chi connectivity index (χ0) is 16.9. The predicted molar refractivity (Wildman–Crippen MR) is 93.2 cm³/mol. The van der Waals surface area contributed by atoms with Gasteiger partial charge in [-0.3, -0.25) is 9.69 Å². The Bertz CT molecular complexity index is 557. The molecule has 2 atom stereocenters. The van der Waals surface area contributed by atoms with E-state index in [1.54, 1.807) is 0 Å². The number of benzene rings is 1. The summed E-state index contributed by atoms with van der Waals surface area (Å²) in [6.07, 6.45) is 0. The molecule has 0 N–H and O–H groups in total. The van der Waals surface area contributed by atoms with E-state index in [0.717, 1.165) is 38.5 Å². The van der Waals surface area contributed by atoms with Gasteiger partial charge in [-0.25, -0.2) is 0 Å². The molecule has 2 aliphatic heterocycles. The number of aryl methyl sites for hydroxylation is 1. The Morgan fingerprint density at radius 2 is 2.08 bits per heavy atom. The molecule has 24 heavy (non-hydrogen) atoms. The Balaban J connectivity index is 1.45. The summed E-state index contributed by atoms with van der Waals surface area (Å²) >= 11 is 0. The first-order valence-corrected chi connectivity index (χ1v) is 8.92. The third-order valence-corrected chi connectivity index (χ3v) is 4.99. The zero-order valence-corrected chi connectivity index (χ0v) is 14.7. The molecule has 0 radical (unpaired) electrons. The summed E-state index contributed by atoms with van der Waals surface area (Å²) in [5.41, 5.74) is 1.21. The van der Waals surface area contributed by atoms with E-state index in [9.17, 15) is 4.79 Å². The highest BCUT2D eigenvalue weighted by atomic mass is 16.5. The van der Waals surface area contributed by atoms with E-state index < -0.39 is 0 Å². The molecule has 1 aromatic rings. The van der Waals surface area contributed by atoms with Crippen molar-refractivity contribution in [2.45, 2.75) is 13.8 Å². The highest BCUT2D eigenvalue weighted by molar-refractivity contribution is 5.79. The molecule has 2 aliphatic rings. The first-order valence-electron chi connectivity index (χ1n) is 8.92. The topological polar surface area (TPSA) is 42.0 Å². The third kappa shape index (κ3) is 4.28. The maximum absolute atomic E-state index is 12.7. The number of amides is 1. The van der Waals surface area contributed by atoms with Crippen molar-refractivity contribution in [1.82, 2.24) is 9.80 Å². The largest absolute Gasteiger partial charge is 0.492 e. The molecule has 2 saturated heterocycles. The van der Waals surface area contributed by atoms with Crippen molar-refractivity contribution in [2.75, 3.05) is 52.5 Å². The first kappa shape index (κ1) is 17.2. The number of hydrogen-bond donors (Lipinski definition) is 0. The smallest absolute Gasteiger partial charge is 0.227 e. The van der Waals surface area contributed by atoms with Gasteiger partial charge in [0.15, 0.2) is 0 Å². The number of carbonyl (C=O) groups excluding carboxylic acids is 1. The molecular formula is C19H28N2O3. The average Bonchev–Trinajstić information content (AvgIpc) is 2.96. The lowest BCUT2D eigenvalue weighted by atomic mass is 9.96. The van der Waals surface area contributed by atoms with Crippen molar-refractivity contribution in [3.63, 3.8) is 0 Å². The fourth-order valence-electron chi connectivity index (χ4n) is 3.59. The number of nitrogens with zero attached hydrogens (tertiary/aromatic N) is 2. The van der Waals surface area contributed by atoms with Crippen molar-refractivity contribution in [1.29, 1.82) is 0 Å². The van der Waals surface area contributed by atoms with Crippen LogP contribution in [-0.4, -0.2) is 68.3 Å². The van der Waals surface area contributed by atoms with Crippen molar-refractivity contribution < 1.29 is 14.3 Å². The summed E-state index contributed by atoms with van der Waals surface area (Å²) in [4.78, 5) is 17.0. The zero-order valence-electron chi connectivity index (χ0n) is 14.7. The summed E-state index contributed by atoms with van der Waals surface area (Å²) in [5.74, 6) is 1.73. The lowest BCUT2D eigenvalue weighted by Crippen LogP contribution is -2.45. The molecule has 0 spiro atoms. The fourth-order valence-corrected chi connectivity index (χ4v) is 3.59. The van der Waals surface area contributed by atoms with Crippen LogP contribution in [0.2, 0.25) is 0 Å². The second kappa shape index (κ2) is 7.99. The van der Waals surface area contributed by atoms with Crippen LogP contribution < -0.4 is 4.74 Å². The number of rotatable bonds is 5. The van der Waals surface area contributed by atoms with Crippen LogP contribution in [0.1, 0.15) is 12.5 Å². The van der Waals surface area contributed by atoms with Crippen molar-refractivity contribution in [2.24, 2.45) is 11.8 Å². The molecule has 1 amide bonds. The van der Waals surface area contributed by atoms with Gasteiger partial charge in [0.2, 0.25) is 5.91 Å². The van der Waals surface area contributed by atoms with Gasteiger partial charge in [0.05, 0.1) is 19.1 Å². The number of ether oxygens (including phenoxy) is 2. The highest BCUT2D eigenvalue weighted by Gasteiger charge is 2.37. The standard InChI is InChI=1S/C19H28N2O3/c1-15-4-3-5-17(12-15)24-11-6-20-13-16(2)18(14-20)19(22)21-7-9-23-10-8-21/h3-5,12,16,18H,6-11,13-14H2,1-2H3/t16-,18-/m1/s1. The normalized spacial score (nSPS) is 25.0. The Morgan fingerprint density at radius 1 is 1.29 bits per heavy atom. The lowest BCUT2D eigenvalue weighted by Gasteiger charge is -2.30. The van der Waals surface area contributed by atoms with Crippen molar-refractivity contribution in [3.8, 4) is 5.75 Å². The maximum Gasteiger partial charge on any atom is 0.227 e. The molecule has 0 bridgehead atoms. The van der Waals surface area contributed by atoms with Crippen LogP contribution >= 0.6 is 0 Å². The molecule has 0 saturated carbocycles. The molecule has 2 fully saturated rings. The molecular weight excluding hydrogens is 304 g/mol. The molecule has 5 heteroatoms. The lowest BCUT2D eigenvalue weighted by molar-refractivity contribution is -0.140. The van der Waals surface area contributed by atoms with E-state index >= 15 is 0 Å². The van der Waals surface area contributed by atoms with Gasteiger partial charge >= 0.3 is 0 Å². The fraction of sp³-hybridized carbons (Fsp3) is 0.632. The van der Waals surface area contributed by atoms with E-state index in [-0.39, 0.29) is 5.92 Å². The molecule has 5 nitrogen and oxygen atoms in total. The van der Waals surface area contributed by atoms with Gasteiger partial charge in [0.25, 0.3) is 0 Å². The summed E-state index contributed by atoms with van der Waals surface area (Å²) in [6, 6.07) is 8.12. The van der Waals surface area contributed by atoms with Crippen LogP contribution in [0.4, 0.5) is 0 Å². The minimum Gasteiger partial charge on any atom is -0.492 e. The SMILES string of the molecule is Cc1cccc(OCCN2C[C@@H](C)[C@H](C(=O)N3CCOCC3)C2)c1. The van der Waals surface area contributed by atoms with Crippen LogP contribution in [0.25, 0.3) is 0 Å². The molecule has 1 aromatic carbocycles. The predicted octanol–water partition coefficient (Wildman–Crippen LogP) is 1.80. The first-order chi connectivity index (χ1) is 11.6. The summed E-state index contributed by atoms with van der Waals surface area (Å²) in [6.45, 7) is 10.4. The molecule has 0 unspecified atom stereocenters. The van der Waals surface area contributed by atoms with Crippen molar-refractivity contribution in [3.05, 3.63) is 29.8 Å². The quantitative estimate of drug-likeness (QED) is 0.825. The number of carbonyl (C=O) groups is 1. The molecule has 2 heterocycles. The average molecular weight is 332 g/mol. The van der Waals surface area contributed by atoms with Crippen LogP contribution in [-0.2, 0) is 9.53 Å². The summed E-state index contributed by atoms with van der Waals surface area (Å²) in [5, 5.41) is 0. The minimum absolute atomic E-state index is 0.113. The maximum atomic E-state index is 12.7. The monoisotopic (exact) mass is 332 g/mol. The van der Waals surface area contributed by atoms with Crippen molar-refractivity contribution >= 4 is 5.91 Å². The van der Waals surface area contributed by atoms with Gasteiger partial charge in [-0.2, -0.15) is 0 Å². The Labute approximate surface area is 144 Å². The molecule has 0 aliphatic carbocycles. The second-order valence-corrected chi connectivity index (χ2v) is 6.95. The van der Waals surface area contributed by atoms with Gasteiger partial charge in [0, 0.05) is 32.7 Å². The van der Waals surface area contributed by atoms with E-state index in [2.05, 4.69) is 30.9 Å². The van der Waals surface area contributed by atoms with E-state index in [0.29, 0.717) is 31.6 Å². The van der Waals surface area contributed by atoms with Crippen LogP contribution in [0, 0.1) is 18.8 Å². The second-order valence-electron chi connectivity index (χ2n) is 6.95. The van der Waals surface area contributed by atoms with E-state index in [4.69, 9.17) is 9.47 Å². The number of hydrogen-bond acceptors (Lipinski definition) is 4. The van der Waals surface area contributed by atoms with Crippen LogP contribution in [0.5, 0.6) is 5.75 Å². The molecule has 132 valence electrons.